The van der Waals surface area contributed by atoms with Crippen LogP contribution in [0.25, 0.3) is 0 Å². The van der Waals surface area contributed by atoms with E-state index in [2.05, 4.69) is 6.26 Å². The van der Waals surface area contributed by atoms with Gasteiger partial charge in [-0.15, -0.1) is 0 Å². The average Bonchev–Trinajstić information content (AvgIpc) is 1.30. The van der Waals surface area contributed by atoms with Crippen LogP contribution in [0.15, 0.2) is 0 Å². The van der Waals surface area contributed by atoms with E-state index in [1.54, 1.807) is 11.8 Å². The number of thioether (sulfide) groups is 1. The summed E-state index contributed by atoms with van der Waals surface area (Å²) in [6, 6.07) is 0. The molecule has 0 saturated heterocycles. The van der Waals surface area contributed by atoms with E-state index >= 15 is 0 Å². The van der Waals surface area contributed by atoms with Crippen LogP contribution in [-0.2, 0) is 0 Å². The van der Waals surface area contributed by atoms with Crippen molar-refractivity contribution >= 4 is 11.8 Å². The van der Waals surface area contributed by atoms with Crippen molar-refractivity contribution in [2.75, 3.05) is 12.0 Å². The summed E-state index contributed by atoms with van der Waals surface area (Å²) >= 11 is 1.78. The first-order valence-electron chi connectivity index (χ1n) is 2.34. The van der Waals surface area contributed by atoms with Gasteiger partial charge in [0.1, 0.15) is 0 Å². The Morgan fingerprint density at radius 1 is 1.57 bits per heavy atom. The fourth-order valence-corrected chi connectivity index (χ4v) is 1.12. The predicted octanol–water partition coefficient (Wildman–Crippen LogP) is 1.09. The number of hydrogen-bond acceptors (Lipinski definition) is 2. The number of rotatable bonds is 2. The van der Waals surface area contributed by atoms with Crippen molar-refractivity contribution in [2.45, 2.75) is 19.4 Å². The molecule has 0 aliphatic heterocycles. The molecule has 0 radical (unpaired) electrons. The summed E-state index contributed by atoms with van der Waals surface area (Å²) in [6.45, 7) is 4.06. The molecule has 0 saturated carbocycles. The van der Waals surface area contributed by atoms with E-state index in [1.165, 1.54) is 0 Å². The zero-order valence-corrected chi connectivity index (χ0v) is 6.01. The average molecular weight is 119 g/mol. The van der Waals surface area contributed by atoms with Gasteiger partial charge in [0.15, 0.2) is 0 Å². The Bertz CT molecular complexity index is 46.5. The van der Waals surface area contributed by atoms with Gasteiger partial charge in [-0.2, -0.15) is 11.8 Å². The van der Waals surface area contributed by atoms with E-state index in [-0.39, 0.29) is 5.54 Å². The highest BCUT2D eigenvalue weighted by molar-refractivity contribution is 7.98. The summed E-state index contributed by atoms with van der Waals surface area (Å²) < 4.78 is 0. The standard InChI is InChI=1S/C5H13NS/c1-5(2,6)4-7-3/h4,6H2,1-3H3. The van der Waals surface area contributed by atoms with Gasteiger partial charge in [0.05, 0.1) is 0 Å². The summed E-state index contributed by atoms with van der Waals surface area (Å²) in [6.07, 6.45) is 2.06. The lowest BCUT2D eigenvalue weighted by molar-refractivity contribution is 0.592. The first-order chi connectivity index (χ1) is 3.06. The molecule has 0 aliphatic carbocycles. The molecule has 0 rings (SSSR count). The Labute approximate surface area is 49.7 Å². The van der Waals surface area contributed by atoms with Crippen LogP contribution in [0.4, 0.5) is 0 Å². The largest absolute Gasteiger partial charge is 0.325 e. The van der Waals surface area contributed by atoms with Crippen molar-refractivity contribution < 1.29 is 0 Å². The van der Waals surface area contributed by atoms with Crippen molar-refractivity contribution in [1.82, 2.24) is 0 Å². The highest BCUT2D eigenvalue weighted by Crippen LogP contribution is 2.04. The Morgan fingerprint density at radius 3 is 2.00 bits per heavy atom. The molecule has 0 fully saturated rings. The maximum Gasteiger partial charge on any atom is 0.0188 e. The van der Waals surface area contributed by atoms with E-state index in [4.69, 9.17) is 5.73 Å². The highest BCUT2D eigenvalue weighted by atomic mass is 32.2. The zero-order valence-electron chi connectivity index (χ0n) is 5.19. The molecule has 0 heterocycles. The molecule has 0 bridgehead atoms. The minimum absolute atomic E-state index is 0.0133. The third kappa shape index (κ3) is 6.31. The van der Waals surface area contributed by atoms with Gasteiger partial charge in [-0.3, -0.25) is 0 Å². The summed E-state index contributed by atoms with van der Waals surface area (Å²) in [5.74, 6) is 1.03. The molecule has 1 nitrogen and oxygen atoms in total. The molecule has 0 aromatic carbocycles. The van der Waals surface area contributed by atoms with E-state index in [0.717, 1.165) is 5.75 Å². The van der Waals surface area contributed by atoms with Gasteiger partial charge in [0, 0.05) is 11.3 Å². The van der Waals surface area contributed by atoms with E-state index in [1.807, 2.05) is 13.8 Å². The van der Waals surface area contributed by atoms with Gasteiger partial charge >= 0.3 is 0 Å². The van der Waals surface area contributed by atoms with Crippen LogP contribution in [0, 0.1) is 0 Å². The Hall–Kier alpha value is 0.310. The van der Waals surface area contributed by atoms with Crippen molar-refractivity contribution in [2.24, 2.45) is 5.73 Å². The lowest BCUT2D eigenvalue weighted by Gasteiger charge is -2.15. The van der Waals surface area contributed by atoms with Gasteiger partial charge in [0.2, 0.25) is 0 Å². The minimum atomic E-state index is 0.0133. The van der Waals surface area contributed by atoms with Crippen LogP contribution in [0.2, 0.25) is 0 Å². The van der Waals surface area contributed by atoms with Crippen LogP contribution in [0.5, 0.6) is 0 Å². The van der Waals surface area contributed by atoms with Crippen LogP contribution >= 0.6 is 11.8 Å². The summed E-state index contributed by atoms with van der Waals surface area (Å²) in [4.78, 5) is 0. The van der Waals surface area contributed by atoms with Crippen LogP contribution in [0.3, 0.4) is 0 Å². The molecular weight excluding hydrogens is 106 g/mol. The molecular formula is C5H13NS. The van der Waals surface area contributed by atoms with Gasteiger partial charge in [0.25, 0.3) is 0 Å². The van der Waals surface area contributed by atoms with Gasteiger partial charge < -0.3 is 5.73 Å². The first-order valence-corrected chi connectivity index (χ1v) is 3.73. The quantitative estimate of drug-likeness (QED) is 0.589. The Morgan fingerprint density at radius 2 is 2.00 bits per heavy atom. The lowest BCUT2D eigenvalue weighted by Crippen LogP contribution is -2.34. The monoisotopic (exact) mass is 119 g/mol. The topological polar surface area (TPSA) is 26.0 Å². The smallest absolute Gasteiger partial charge is 0.0188 e. The molecule has 2 heteroatoms. The normalized spacial score (nSPS) is 12.0. The Balaban J connectivity index is 3.15. The SMILES string of the molecule is CSCC(C)(C)N. The molecule has 0 amide bonds. The van der Waals surface area contributed by atoms with Gasteiger partial charge in [-0.25, -0.2) is 0 Å². The fraction of sp³-hybridized carbons (Fsp3) is 1.00. The second-order valence-corrected chi connectivity index (χ2v) is 3.29. The highest BCUT2D eigenvalue weighted by Gasteiger charge is 2.07. The van der Waals surface area contributed by atoms with Crippen LogP contribution < -0.4 is 5.73 Å². The third-order valence-corrected chi connectivity index (χ3v) is 1.55. The van der Waals surface area contributed by atoms with Crippen LogP contribution in [0.1, 0.15) is 13.8 Å². The molecule has 0 aromatic rings. The van der Waals surface area contributed by atoms with Gasteiger partial charge in [-0.05, 0) is 20.1 Å². The molecule has 2 N–H and O–H groups in total. The third-order valence-electron chi connectivity index (χ3n) is 0.516. The van der Waals surface area contributed by atoms with E-state index in [9.17, 15) is 0 Å². The molecule has 0 aromatic heterocycles. The maximum atomic E-state index is 5.63. The second kappa shape index (κ2) is 2.58. The zero-order chi connectivity index (χ0) is 5.91. The summed E-state index contributed by atoms with van der Waals surface area (Å²) in [5, 5.41) is 0. The van der Waals surface area contributed by atoms with Crippen LogP contribution in [-0.4, -0.2) is 17.5 Å². The molecule has 0 atom stereocenters. The maximum absolute atomic E-state index is 5.63. The molecule has 7 heavy (non-hydrogen) atoms. The van der Waals surface area contributed by atoms with Crippen molar-refractivity contribution in [3.05, 3.63) is 0 Å². The predicted molar refractivity (Wildman–Crippen MR) is 36.6 cm³/mol. The van der Waals surface area contributed by atoms with E-state index in [0.29, 0.717) is 0 Å². The summed E-state index contributed by atoms with van der Waals surface area (Å²) in [5.41, 5.74) is 5.64. The number of nitrogens with two attached hydrogens (primary N) is 1. The molecule has 44 valence electrons. The Kier molecular flexibility index (Phi) is 2.69. The van der Waals surface area contributed by atoms with Crippen molar-refractivity contribution in [1.29, 1.82) is 0 Å². The molecule has 0 unspecified atom stereocenters. The fourth-order valence-electron chi connectivity index (χ4n) is 0.372. The summed E-state index contributed by atoms with van der Waals surface area (Å²) in [7, 11) is 0. The first kappa shape index (κ1) is 7.31. The minimum Gasteiger partial charge on any atom is -0.325 e. The number of hydrogen-bond donors (Lipinski definition) is 1. The molecule has 0 spiro atoms. The lowest BCUT2D eigenvalue weighted by atomic mass is 10.1. The molecule has 0 aliphatic rings. The second-order valence-electron chi connectivity index (χ2n) is 2.42. The van der Waals surface area contributed by atoms with Crippen molar-refractivity contribution in [3.8, 4) is 0 Å². The van der Waals surface area contributed by atoms with Crippen molar-refractivity contribution in [3.63, 3.8) is 0 Å². The van der Waals surface area contributed by atoms with Gasteiger partial charge in [-0.1, -0.05) is 0 Å². The van der Waals surface area contributed by atoms with E-state index < -0.39 is 0 Å².